The molecule has 0 spiro atoms. The zero-order valence-corrected chi connectivity index (χ0v) is 12.8. The van der Waals surface area contributed by atoms with Crippen molar-refractivity contribution in [3.05, 3.63) is 0 Å². The van der Waals surface area contributed by atoms with Gasteiger partial charge in [-0.1, -0.05) is 38.5 Å². The molecule has 2 unspecified atom stereocenters. The molecule has 3 fully saturated rings. The van der Waals surface area contributed by atoms with Crippen LogP contribution in [0.3, 0.4) is 0 Å². The third-order valence-electron chi connectivity index (χ3n) is 6.23. The number of fused-ring (bicyclic) bond motifs is 1. The maximum atomic E-state index is 13.0. The van der Waals surface area contributed by atoms with Crippen molar-refractivity contribution in [3.8, 4) is 0 Å². The van der Waals surface area contributed by atoms with Crippen molar-refractivity contribution in [2.45, 2.75) is 64.2 Å². The van der Waals surface area contributed by atoms with Crippen molar-refractivity contribution < 1.29 is 4.79 Å². The summed E-state index contributed by atoms with van der Waals surface area (Å²) in [7, 11) is 0. The molecule has 0 aromatic heterocycles. The van der Waals surface area contributed by atoms with Crippen LogP contribution >= 0.6 is 0 Å². The smallest absolute Gasteiger partial charge is 0.230 e. The molecule has 3 aliphatic rings. The molecular weight excluding hydrogens is 248 g/mol. The molecule has 1 saturated heterocycles. The predicted molar refractivity (Wildman–Crippen MR) is 81.2 cm³/mol. The molecule has 2 saturated carbocycles. The summed E-state index contributed by atoms with van der Waals surface area (Å²) in [6, 6.07) is 0. The van der Waals surface area contributed by atoms with E-state index >= 15 is 0 Å². The summed E-state index contributed by atoms with van der Waals surface area (Å²) in [5.41, 5.74) is 5.82. The van der Waals surface area contributed by atoms with Gasteiger partial charge in [0, 0.05) is 19.6 Å². The molecule has 2 aliphatic carbocycles. The lowest BCUT2D eigenvalue weighted by Gasteiger charge is -2.45. The molecule has 0 aromatic carbocycles. The van der Waals surface area contributed by atoms with E-state index in [-0.39, 0.29) is 5.41 Å². The van der Waals surface area contributed by atoms with Gasteiger partial charge in [0.05, 0.1) is 5.41 Å². The molecule has 1 amide bonds. The van der Waals surface area contributed by atoms with Crippen LogP contribution in [0.25, 0.3) is 0 Å². The first kappa shape index (κ1) is 14.4. The summed E-state index contributed by atoms with van der Waals surface area (Å²) < 4.78 is 0. The zero-order chi connectivity index (χ0) is 14.0. The minimum atomic E-state index is -0.209. The molecule has 1 heterocycles. The molecule has 0 bridgehead atoms. The standard InChI is InChI=1S/C17H30N2O/c18-13-17(9-4-1-5-10-17)16(20)19-11-8-14-6-2-3-7-15(14)12-19/h14-15H,1-13,18H2. The number of amides is 1. The van der Waals surface area contributed by atoms with E-state index in [9.17, 15) is 4.79 Å². The molecule has 0 radical (unpaired) electrons. The Bertz CT molecular complexity index is 349. The molecule has 0 aromatic rings. The van der Waals surface area contributed by atoms with Crippen LogP contribution < -0.4 is 5.73 Å². The fourth-order valence-corrected chi connectivity index (χ4v) is 4.85. The van der Waals surface area contributed by atoms with E-state index in [1.54, 1.807) is 0 Å². The highest BCUT2D eigenvalue weighted by Crippen LogP contribution is 2.41. The van der Waals surface area contributed by atoms with E-state index in [2.05, 4.69) is 4.90 Å². The molecule has 3 nitrogen and oxygen atoms in total. The van der Waals surface area contributed by atoms with Crippen LogP contribution in [-0.2, 0) is 4.79 Å². The Hall–Kier alpha value is -0.570. The molecule has 20 heavy (non-hydrogen) atoms. The second kappa shape index (κ2) is 6.05. The highest BCUT2D eigenvalue weighted by Gasteiger charge is 2.43. The first-order chi connectivity index (χ1) is 9.75. The number of likely N-dealkylation sites (tertiary alicyclic amines) is 1. The Morgan fingerprint density at radius 3 is 2.40 bits per heavy atom. The van der Waals surface area contributed by atoms with Gasteiger partial charge < -0.3 is 10.6 Å². The van der Waals surface area contributed by atoms with Gasteiger partial charge in [-0.05, 0) is 37.5 Å². The van der Waals surface area contributed by atoms with E-state index in [1.807, 2.05) is 0 Å². The number of nitrogens with zero attached hydrogens (tertiary/aromatic N) is 1. The maximum Gasteiger partial charge on any atom is 0.230 e. The van der Waals surface area contributed by atoms with Gasteiger partial charge in [-0.2, -0.15) is 0 Å². The van der Waals surface area contributed by atoms with Crippen molar-refractivity contribution in [2.75, 3.05) is 19.6 Å². The molecular formula is C17H30N2O. The minimum Gasteiger partial charge on any atom is -0.342 e. The maximum absolute atomic E-state index is 13.0. The molecule has 3 rings (SSSR count). The van der Waals surface area contributed by atoms with Crippen LogP contribution in [0, 0.1) is 17.3 Å². The van der Waals surface area contributed by atoms with Gasteiger partial charge in [-0.3, -0.25) is 4.79 Å². The van der Waals surface area contributed by atoms with Crippen LogP contribution in [0.1, 0.15) is 64.2 Å². The number of rotatable bonds is 2. The second-order valence-electron chi connectivity index (χ2n) is 7.39. The van der Waals surface area contributed by atoms with Gasteiger partial charge >= 0.3 is 0 Å². The van der Waals surface area contributed by atoms with Gasteiger partial charge in [0.25, 0.3) is 0 Å². The Labute approximate surface area is 123 Å². The minimum absolute atomic E-state index is 0.209. The summed E-state index contributed by atoms with van der Waals surface area (Å²) in [4.78, 5) is 15.2. The van der Waals surface area contributed by atoms with E-state index in [1.165, 1.54) is 51.4 Å². The van der Waals surface area contributed by atoms with Crippen LogP contribution in [0.5, 0.6) is 0 Å². The lowest BCUT2D eigenvalue weighted by molar-refractivity contribution is -0.146. The van der Waals surface area contributed by atoms with Crippen LogP contribution in [-0.4, -0.2) is 30.4 Å². The van der Waals surface area contributed by atoms with Crippen molar-refractivity contribution >= 4 is 5.91 Å². The van der Waals surface area contributed by atoms with E-state index in [0.717, 1.165) is 37.8 Å². The SMILES string of the molecule is NCC1(C(=O)N2CCC3CCCCC3C2)CCCCC1. The summed E-state index contributed by atoms with van der Waals surface area (Å²) >= 11 is 0. The largest absolute Gasteiger partial charge is 0.342 e. The van der Waals surface area contributed by atoms with Crippen LogP contribution in [0.2, 0.25) is 0 Å². The van der Waals surface area contributed by atoms with E-state index in [0.29, 0.717) is 12.5 Å². The highest BCUT2D eigenvalue weighted by molar-refractivity contribution is 5.83. The lowest BCUT2D eigenvalue weighted by Crippen LogP contribution is -2.53. The average Bonchev–Trinajstić information content (AvgIpc) is 2.54. The Morgan fingerprint density at radius 1 is 1.00 bits per heavy atom. The predicted octanol–water partition coefficient (Wildman–Crippen LogP) is 2.93. The van der Waals surface area contributed by atoms with Crippen molar-refractivity contribution in [3.63, 3.8) is 0 Å². The van der Waals surface area contributed by atoms with Gasteiger partial charge in [0.1, 0.15) is 0 Å². The first-order valence-electron chi connectivity index (χ1n) is 8.75. The van der Waals surface area contributed by atoms with Crippen LogP contribution in [0.15, 0.2) is 0 Å². The summed E-state index contributed by atoms with van der Waals surface area (Å²) in [5, 5.41) is 0. The molecule has 1 aliphatic heterocycles. The third-order valence-corrected chi connectivity index (χ3v) is 6.23. The number of hydrogen-bond donors (Lipinski definition) is 1. The Morgan fingerprint density at radius 2 is 1.70 bits per heavy atom. The van der Waals surface area contributed by atoms with Crippen molar-refractivity contribution in [1.29, 1.82) is 0 Å². The molecule has 114 valence electrons. The summed E-state index contributed by atoms with van der Waals surface area (Å²) in [6.07, 6.45) is 12.4. The highest BCUT2D eigenvalue weighted by atomic mass is 16.2. The summed E-state index contributed by atoms with van der Waals surface area (Å²) in [5.74, 6) is 2.07. The fraction of sp³-hybridized carbons (Fsp3) is 0.941. The van der Waals surface area contributed by atoms with E-state index in [4.69, 9.17) is 5.73 Å². The number of hydrogen-bond acceptors (Lipinski definition) is 2. The lowest BCUT2D eigenvalue weighted by atomic mass is 9.71. The number of carbonyl (C=O) groups excluding carboxylic acids is 1. The summed E-state index contributed by atoms with van der Waals surface area (Å²) in [6.45, 7) is 2.56. The zero-order valence-electron chi connectivity index (χ0n) is 12.8. The molecule has 2 atom stereocenters. The van der Waals surface area contributed by atoms with Gasteiger partial charge in [0.2, 0.25) is 5.91 Å². The normalized spacial score (nSPS) is 33.5. The first-order valence-corrected chi connectivity index (χ1v) is 8.75. The van der Waals surface area contributed by atoms with E-state index < -0.39 is 0 Å². The van der Waals surface area contributed by atoms with Gasteiger partial charge in [0.15, 0.2) is 0 Å². The fourth-order valence-electron chi connectivity index (χ4n) is 4.85. The average molecular weight is 278 g/mol. The number of nitrogens with two attached hydrogens (primary N) is 1. The monoisotopic (exact) mass is 278 g/mol. The van der Waals surface area contributed by atoms with Gasteiger partial charge in [-0.15, -0.1) is 0 Å². The van der Waals surface area contributed by atoms with Crippen molar-refractivity contribution in [2.24, 2.45) is 23.0 Å². The number of piperidine rings is 1. The molecule has 2 N–H and O–H groups in total. The quantitative estimate of drug-likeness (QED) is 0.844. The van der Waals surface area contributed by atoms with Crippen LogP contribution in [0.4, 0.5) is 0 Å². The van der Waals surface area contributed by atoms with Crippen molar-refractivity contribution in [1.82, 2.24) is 4.90 Å². The van der Waals surface area contributed by atoms with Gasteiger partial charge in [-0.25, -0.2) is 0 Å². The topological polar surface area (TPSA) is 46.3 Å². The Balaban J connectivity index is 1.67. The number of carbonyl (C=O) groups is 1. The molecule has 3 heteroatoms. The second-order valence-corrected chi connectivity index (χ2v) is 7.39. The third kappa shape index (κ3) is 2.61. The Kier molecular flexibility index (Phi) is 4.34.